The molecule has 2 aliphatic heterocycles. The van der Waals surface area contributed by atoms with Gasteiger partial charge < -0.3 is 24.5 Å². The second-order valence-corrected chi connectivity index (χ2v) is 13.0. The predicted octanol–water partition coefficient (Wildman–Crippen LogP) is 5.42. The quantitative estimate of drug-likeness (QED) is 0.222. The van der Waals surface area contributed by atoms with Gasteiger partial charge in [-0.3, -0.25) is 19.2 Å². The van der Waals surface area contributed by atoms with Crippen LogP contribution in [0.15, 0.2) is 81.0 Å². The number of benzene rings is 3. The molecular formula is C31H26BrN3O7S2. The number of ether oxygens (including phenoxy) is 3. The SMILES string of the molecule is CCOc1cc([C@@H]2c3sc(=O)[nH]c3S[C@H]3C(=O)N(c4ccc(Br)cc4)C(=O)[C@@H]23)ccc1OCC(=O)Nc1ccc(OC)cc1. The van der Waals surface area contributed by atoms with Gasteiger partial charge in [0.05, 0.1) is 30.3 Å². The Labute approximate surface area is 268 Å². The molecule has 3 aromatic carbocycles. The molecular weight excluding hydrogens is 670 g/mol. The van der Waals surface area contributed by atoms with Crippen LogP contribution in [-0.4, -0.2) is 48.3 Å². The lowest BCUT2D eigenvalue weighted by atomic mass is 9.83. The molecule has 13 heteroatoms. The average Bonchev–Trinajstić information content (AvgIpc) is 3.51. The molecule has 3 heterocycles. The van der Waals surface area contributed by atoms with E-state index in [1.54, 1.807) is 73.8 Å². The summed E-state index contributed by atoms with van der Waals surface area (Å²) in [5.41, 5.74) is 1.77. The summed E-state index contributed by atoms with van der Waals surface area (Å²) < 4.78 is 17.7. The van der Waals surface area contributed by atoms with Crippen molar-refractivity contribution in [1.29, 1.82) is 0 Å². The lowest BCUT2D eigenvalue weighted by Crippen LogP contribution is -2.32. The van der Waals surface area contributed by atoms with Crippen molar-refractivity contribution in [3.8, 4) is 17.2 Å². The van der Waals surface area contributed by atoms with E-state index >= 15 is 0 Å². The van der Waals surface area contributed by atoms with Gasteiger partial charge in [-0.1, -0.05) is 45.1 Å². The molecule has 1 aromatic heterocycles. The van der Waals surface area contributed by atoms with Gasteiger partial charge >= 0.3 is 4.87 Å². The lowest BCUT2D eigenvalue weighted by molar-refractivity contribution is -0.122. The second-order valence-electron chi connectivity index (χ2n) is 9.94. The molecule has 6 rings (SSSR count). The van der Waals surface area contributed by atoms with E-state index < -0.39 is 17.1 Å². The number of thiazole rings is 1. The number of H-pyrrole nitrogens is 1. The summed E-state index contributed by atoms with van der Waals surface area (Å²) in [5.74, 6) is -0.956. The number of aromatic amines is 1. The van der Waals surface area contributed by atoms with Gasteiger partial charge in [-0.05, 0) is 73.2 Å². The van der Waals surface area contributed by atoms with E-state index in [-0.39, 0.29) is 29.2 Å². The molecule has 3 atom stereocenters. The minimum atomic E-state index is -0.744. The number of methoxy groups -OCH3 is 1. The highest BCUT2D eigenvalue weighted by Crippen LogP contribution is 2.53. The molecule has 0 aliphatic carbocycles. The normalized spacial score (nSPS) is 18.9. The first kappa shape index (κ1) is 30.0. The Bertz CT molecular complexity index is 1790. The van der Waals surface area contributed by atoms with Crippen LogP contribution >= 0.6 is 39.0 Å². The van der Waals surface area contributed by atoms with E-state index in [0.29, 0.717) is 50.7 Å². The van der Waals surface area contributed by atoms with Gasteiger partial charge in [0.2, 0.25) is 11.8 Å². The topological polar surface area (TPSA) is 127 Å². The molecule has 2 N–H and O–H groups in total. The largest absolute Gasteiger partial charge is 0.497 e. The first-order valence-electron chi connectivity index (χ1n) is 13.6. The van der Waals surface area contributed by atoms with Gasteiger partial charge in [0.15, 0.2) is 18.1 Å². The van der Waals surface area contributed by atoms with Gasteiger partial charge in [0.1, 0.15) is 11.0 Å². The number of anilines is 2. The van der Waals surface area contributed by atoms with E-state index in [4.69, 9.17) is 14.2 Å². The van der Waals surface area contributed by atoms with Gasteiger partial charge in [-0.25, -0.2) is 4.90 Å². The number of imide groups is 1. The summed E-state index contributed by atoms with van der Waals surface area (Å²) in [5, 5.41) is 2.64. The zero-order valence-electron chi connectivity index (χ0n) is 23.5. The minimum Gasteiger partial charge on any atom is -0.497 e. The van der Waals surface area contributed by atoms with Crippen LogP contribution in [0, 0.1) is 5.92 Å². The van der Waals surface area contributed by atoms with Crippen LogP contribution in [0.4, 0.5) is 11.4 Å². The van der Waals surface area contributed by atoms with Crippen molar-refractivity contribution in [3.63, 3.8) is 0 Å². The highest BCUT2D eigenvalue weighted by Gasteiger charge is 2.56. The van der Waals surface area contributed by atoms with Crippen molar-refractivity contribution in [2.75, 3.05) is 30.5 Å². The molecule has 0 saturated carbocycles. The number of hydrogen-bond donors (Lipinski definition) is 2. The standard InChI is InChI=1S/C31H26BrN3O7S2/c1-3-41-22-14-16(4-13-21(22)42-15-23(36)33-18-7-11-20(40-2)12-8-18)24-25-27(43-28-26(24)44-31(39)34-28)30(38)35(29(25)37)19-9-5-17(32)6-10-19/h4-14,24-25,27H,3,15H2,1-2H3,(H,33,36)(H,34,39)/t24-,25-,27+/m0/s1. The molecule has 4 aromatic rings. The Hall–Kier alpha value is -4.07. The number of nitrogens with zero attached hydrogens (tertiary/aromatic N) is 1. The van der Waals surface area contributed by atoms with Crippen molar-refractivity contribution >= 4 is 68.1 Å². The molecule has 0 radical (unpaired) electrons. The average molecular weight is 697 g/mol. The van der Waals surface area contributed by atoms with E-state index in [0.717, 1.165) is 15.8 Å². The van der Waals surface area contributed by atoms with Gasteiger partial charge in [0, 0.05) is 21.0 Å². The summed E-state index contributed by atoms with van der Waals surface area (Å²) in [6.45, 7) is 1.88. The highest BCUT2D eigenvalue weighted by atomic mass is 79.9. The third-order valence-corrected chi connectivity index (χ3v) is 10.2. The molecule has 44 heavy (non-hydrogen) atoms. The smallest absolute Gasteiger partial charge is 0.305 e. The van der Waals surface area contributed by atoms with Crippen LogP contribution in [0.2, 0.25) is 0 Å². The molecule has 10 nitrogen and oxygen atoms in total. The van der Waals surface area contributed by atoms with Gasteiger partial charge in [0.25, 0.3) is 5.91 Å². The van der Waals surface area contributed by atoms with E-state index in [1.165, 1.54) is 16.7 Å². The van der Waals surface area contributed by atoms with Crippen LogP contribution in [-0.2, 0) is 14.4 Å². The number of aromatic nitrogens is 1. The summed E-state index contributed by atoms with van der Waals surface area (Å²) in [7, 11) is 1.57. The maximum absolute atomic E-state index is 14.0. The first-order chi connectivity index (χ1) is 21.3. The van der Waals surface area contributed by atoms with E-state index in [2.05, 4.69) is 26.2 Å². The third-order valence-electron chi connectivity index (χ3n) is 7.27. The Morgan fingerprint density at radius 1 is 0.977 bits per heavy atom. The number of nitrogens with one attached hydrogen (secondary N) is 2. The number of hydrogen-bond acceptors (Lipinski definition) is 9. The highest BCUT2D eigenvalue weighted by molar-refractivity contribution is 9.10. The number of thioether (sulfide) groups is 1. The first-order valence-corrected chi connectivity index (χ1v) is 16.1. The number of rotatable bonds is 9. The second kappa shape index (κ2) is 12.5. The van der Waals surface area contributed by atoms with Crippen molar-refractivity contribution in [3.05, 3.63) is 91.3 Å². The fourth-order valence-electron chi connectivity index (χ4n) is 5.34. The van der Waals surface area contributed by atoms with Gasteiger partial charge in [-0.2, -0.15) is 0 Å². The van der Waals surface area contributed by atoms with Crippen LogP contribution in [0.25, 0.3) is 0 Å². The van der Waals surface area contributed by atoms with Crippen molar-refractivity contribution < 1.29 is 28.6 Å². The predicted molar refractivity (Wildman–Crippen MR) is 171 cm³/mol. The van der Waals surface area contributed by atoms with E-state index in [1.807, 2.05) is 6.92 Å². The molecule has 0 unspecified atom stereocenters. The molecule has 1 saturated heterocycles. The number of halogens is 1. The summed E-state index contributed by atoms with van der Waals surface area (Å²) in [6, 6.07) is 19.2. The molecule has 0 bridgehead atoms. The number of carbonyl (C=O) groups excluding carboxylic acids is 3. The van der Waals surface area contributed by atoms with Crippen LogP contribution in [0.3, 0.4) is 0 Å². The Kier molecular flexibility index (Phi) is 8.52. The van der Waals surface area contributed by atoms with Crippen molar-refractivity contribution in [2.24, 2.45) is 5.92 Å². The van der Waals surface area contributed by atoms with Crippen molar-refractivity contribution in [2.45, 2.75) is 23.1 Å². The van der Waals surface area contributed by atoms with Crippen LogP contribution < -0.4 is 29.3 Å². The zero-order valence-corrected chi connectivity index (χ0v) is 26.7. The number of carbonyl (C=O) groups is 3. The van der Waals surface area contributed by atoms with Crippen molar-refractivity contribution in [1.82, 2.24) is 4.98 Å². The summed E-state index contributed by atoms with van der Waals surface area (Å²) >= 11 is 5.65. The van der Waals surface area contributed by atoms with Gasteiger partial charge in [-0.15, -0.1) is 0 Å². The fraction of sp³-hybridized carbons (Fsp3) is 0.226. The fourth-order valence-corrected chi connectivity index (χ4v) is 8.12. The Morgan fingerprint density at radius 2 is 1.73 bits per heavy atom. The summed E-state index contributed by atoms with van der Waals surface area (Å²) in [6.07, 6.45) is 0. The maximum atomic E-state index is 14.0. The van der Waals surface area contributed by atoms with Crippen LogP contribution in [0.5, 0.6) is 17.2 Å². The monoisotopic (exact) mass is 695 g/mol. The lowest BCUT2D eigenvalue weighted by Gasteiger charge is -2.30. The Morgan fingerprint density at radius 3 is 2.43 bits per heavy atom. The van der Waals surface area contributed by atoms with E-state index in [9.17, 15) is 19.2 Å². The molecule has 1 fully saturated rings. The van der Waals surface area contributed by atoms with Crippen LogP contribution in [0.1, 0.15) is 23.3 Å². The third kappa shape index (κ3) is 5.74. The molecule has 3 amide bonds. The zero-order chi connectivity index (χ0) is 31.0. The minimum absolute atomic E-state index is 0.259. The number of amides is 3. The molecule has 0 spiro atoms. The molecule has 226 valence electrons. The molecule has 2 aliphatic rings. The maximum Gasteiger partial charge on any atom is 0.305 e. The number of fused-ring (bicyclic) bond motifs is 2. The summed E-state index contributed by atoms with van der Waals surface area (Å²) in [4.78, 5) is 57.2. The Balaban J connectivity index is 1.29.